The first-order valence-corrected chi connectivity index (χ1v) is 9.90. The second-order valence-corrected chi connectivity index (χ2v) is 7.73. The zero-order valence-electron chi connectivity index (χ0n) is 17.3. The van der Waals surface area contributed by atoms with Crippen LogP contribution in [0.4, 0.5) is 0 Å². The van der Waals surface area contributed by atoms with Crippen LogP contribution in [0, 0.1) is 0 Å². The summed E-state index contributed by atoms with van der Waals surface area (Å²) in [6.45, 7) is 3.53. The molecule has 2 aliphatic heterocycles. The van der Waals surface area contributed by atoms with Gasteiger partial charge in [-0.25, -0.2) is 0 Å². The average Bonchev–Trinajstić information content (AvgIpc) is 3.04. The van der Waals surface area contributed by atoms with Crippen molar-refractivity contribution in [2.24, 2.45) is 0 Å². The fraction of sp³-hybridized carbons (Fsp3) is 0.619. The molecule has 1 aromatic carbocycles. The molecule has 2 aliphatic rings. The summed E-state index contributed by atoms with van der Waals surface area (Å²) in [7, 11) is 5.32. The number of nitrogens with one attached hydrogen (secondary N) is 1. The second kappa shape index (κ2) is 8.82. The summed E-state index contributed by atoms with van der Waals surface area (Å²) in [5, 5.41) is 2.89. The molecule has 0 aliphatic carbocycles. The number of likely N-dealkylation sites (N-methyl/N-ethyl adjacent to an activating group) is 1. The van der Waals surface area contributed by atoms with Gasteiger partial charge >= 0.3 is 0 Å². The van der Waals surface area contributed by atoms with Crippen LogP contribution in [0.5, 0.6) is 11.5 Å². The van der Waals surface area contributed by atoms with Gasteiger partial charge in [-0.15, -0.1) is 0 Å². The highest BCUT2D eigenvalue weighted by Crippen LogP contribution is 2.33. The number of rotatable bonds is 6. The third-order valence-corrected chi connectivity index (χ3v) is 6.05. The highest BCUT2D eigenvalue weighted by molar-refractivity contribution is 5.77. The van der Waals surface area contributed by atoms with Gasteiger partial charge in [-0.3, -0.25) is 14.5 Å². The summed E-state index contributed by atoms with van der Waals surface area (Å²) in [5.41, 5.74) is 2.34. The zero-order valence-corrected chi connectivity index (χ0v) is 17.3. The van der Waals surface area contributed by atoms with Gasteiger partial charge in [0.1, 0.15) is 0 Å². The Hall–Kier alpha value is -2.28. The van der Waals surface area contributed by atoms with E-state index >= 15 is 0 Å². The summed E-state index contributed by atoms with van der Waals surface area (Å²) in [4.78, 5) is 28.3. The molecule has 1 fully saturated rings. The SMILES string of the molecule is COc1cc2c(cc1OC)CN(C(=O)C[C@@H]1CC[C@H](CNC(C)=O)N1C)CC2. The quantitative estimate of drug-likeness (QED) is 0.800. The number of benzene rings is 1. The van der Waals surface area contributed by atoms with Crippen molar-refractivity contribution in [2.75, 3.05) is 34.4 Å². The molecule has 1 N–H and O–H groups in total. The fourth-order valence-electron chi connectivity index (χ4n) is 4.27. The van der Waals surface area contributed by atoms with Gasteiger partial charge in [0, 0.05) is 45.1 Å². The predicted molar refractivity (Wildman–Crippen MR) is 107 cm³/mol. The van der Waals surface area contributed by atoms with Gasteiger partial charge in [-0.05, 0) is 49.6 Å². The first kappa shape index (κ1) is 20.5. The minimum absolute atomic E-state index is 0.00744. The molecular weight excluding hydrogens is 358 g/mol. The van der Waals surface area contributed by atoms with E-state index in [1.807, 2.05) is 17.0 Å². The van der Waals surface area contributed by atoms with E-state index in [9.17, 15) is 9.59 Å². The van der Waals surface area contributed by atoms with Crippen molar-refractivity contribution in [1.29, 1.82) is 0 Å². The molecule has 0 bridgehead atoms. The highest BCUT2D eigenvalue weighted by Gasteiger charge is 2.33. The maximum absolute atomic E-state index is 12.9. The first-order chi connectivity index (χ1) is 13.4. The number of nitrogens with zero attached hydrogens (tertiary/aromatic N) is 2. The van der Waals surface area contributed by atoms with E-state index in [1.165, 1.54) is 12.5 Å². The Morgan fingerprint density at radius 2 is 1.75 bits per heavy atom. The molecule has 2 amide bonds. The van der Waals surface area contributed by atoms with Crippen molar-refractivity contribution in [2.45, 2.75) is 51.2 Å². The molecule has 0 radical (unpaired) electrons. The smallest absolute Gasteiger partial charge is 0.224 e. The summed E-state index contributed by atoms with van der Waals surface area (Å²) < 4.78 is 10.8. The van der Waals surface area contributed by atoms with Gasteiger partial charge < -0.3 is 19.7 Å². The molecule has 7 nitrogen and oxygen atoms in total. The van der Waals surface area contributed by atoms with Gasteiger partial charge in [-0.2, -0.15) is 0 Å². The molecule has 1 saturated heterocycles. The molecule has 0 spiro atoms. The minimum atomic E-state index is -0.00744. The van der Waals surface area contributed by atoms with Crippen LogP contribution in [0.3, 0.4) is 0 Å². The Labute approximate surface area is 167 Å². The van der Waals surface area contributed by atoms with Gasteiger partial charge in [0.15, 0.2) is 11.5 Å². The largest absolute Gasteiger partial charge is 0.493 e. The Morgan fingerprint density at radius 3 is 2.39 bits per heavy atom. The summed E-state index contributed by atoms with van der Waals surface area (Å²) in [5.74, 6) is 1.62. The number of hydrogen-bond acceptors (Lipinski definition) is 5. The number of fused-ring (bicyclic) bond motifs is 1. The van der Waals surface area contributed by atoms with E-state index in [-0.39, 0.29) is 17.9 Å². The number of amides is 2. The van der Waals surface area contributed by atoms with Crippen molar-refractivity contribution >= 4 is 11.8 Å². The number of ether oxygens (including phenoxy) is 2. The number of carbonyl (C=O) groups is 2. The van der Waals surface area contributed by atoms with Gasteiger partial charge in [0.2, 0.25) is 11.8 Å². The van der Waals surface area contributed by atoms with E-state index in [0.29, 0.717) is 31.3 Å². The number of carbonyl (C=O) groups excluding carboxylic acids is 2. The van der Waals surface area contributed by atoms with Gasteiger partial charge in [-0.1, -0.05) is 0 Å². The van der Waals surface area contributed by atoms with Crippen molar-refractivity contribution < 1.29 is 19.1 Å². The first-order valence-electron chi connectivity index (χ1n) is 9.90. The number of likely N-dealkylation sites (tertiary alicyclic amines) is 1. The lowest BCUT2D eigenvalue weighted by Gasteiger charge is -2.32. The third-order valence-electron chi connectivity index (χ3n) is 6.05. The van der Waals surface area contributed by atoms with E-state index in [2.05, 4.69) is 17.3 Å². The molecule has 154 valence electrons. The van der Waals surface area contributed by atoms with Crippen LogP contribution in [-0.2, 0) is 22.6 Å². The highest BCUT2D eigenvalue weighted by atomic mass is 16.5. The summed E-state index contributed by atoms with van der Waals surface area (Å²) in [6.07, 6.45) is 3.35. The Morgan fingerprint density at radius 1 is 1.11 bits per heavy atom. The van der Waals surface area contributed by atoms with Crippen LogP contribution in [0.2, 0.25) is 0 Å². The molecule has 0 unspecified atom stereocenters. The monoisotopic (exact) mass is 389 g/mol. The molecule has 28 heavy (non-hydrogen) atoms. The molecule has 7 heteroatoms. The molecular formula is C21H31N3O4. The topological polar surface area (TPSA) is 71.1 Å². The molecule has 3 rings (SSSR count). The molecule has 0 saturated carbocycles. The average molecular weight is 389 g/mol. The van der Waals surface area contributed by atoms with Gasteiger partial charge in [0.25, 0.3) is 0 Å². The van der Waals surface area contributed by atoms with Crippen LogP contribution >= 0.6 is 0 Å². The van der Waals surface area contributed by atoms with E-state index in [1.54, 1.807) is 14.2 Å². The van der Waals surface area contributed by atoms with Crippen molar-refractivity contribution in [3.63, 3.8) is 0 Å². The minimum Gasteiger partial charge on any atom is -0.493 e. The summed E-state index contributed by atoms with van der Waals surface area (Å²) in [6, 6.07) is 4.55. The van der Waals surface area contributed by atoms with Crippen molar-refractivity contribution in [3.05, 3.63) is 23.3 Å². The van der Waals surface area contributed by atoms with Crippen LogP contribution in [0.1, 0.15) is 37.3 Å². The Bertz CT molecular complexity index is 737. The van der Waals surface area contributed by atoms with Crippen molar-refractivity contribution in [3.8, 4) is 11.5 Å². The van der Waals surface area contributed by atoms with Crippen LogP contribution in [0.15, 0.2) is 12.1 Å². The van der Waals surface area contributed by atoms with E-state index < -0.39 is 0 Å². The standard InChI is InChI=1S/C21H31N3O4/c1-14(25)22-12-18-6-5-17(23(18)2)11-21(26)24-8-7-15-9-19(27-3)20(28-4)10-16(15)13-24/h9-10,17-18H,5-8,11-13H2,1-4H3,(H,22,25)/t17-,18+/m0/s1. The Kier molecular flexibility index (Phi) is 6.44. The maximum atomic E-state index is 12.9. The third kappa shape index (κ3) is 4.41. The van der Waals surface area contributed by atoms with Gasteiger partial charge in [0.05, 0.1) is 14.2 Å². The molecule has 0 aromatic heterocycles. The Balaban J connectivity index is 1.60. The molecule has 1 aromatic rings. The van der Waals surface area contributed by atoms with E-state index in [0.717, 1.165) is 37.1 Å². The normalized spacial score (nSPS) is 21.9. The molecule has 2 heterocycles. The van der Waals surface area contributed by atoms with Crippen LogP contribution in [-0.4, -0.2) is 68.1 Å². The predicted octanol–water partition coefficient (Wildman–Crippen LogP) is 1.58. The maximum Gasteiger partial charge on any atom is 0.224 e. The lowest BCUT2D eigenvalue weighted by molar-refractivity contribution is -0.133. The second-order valence-electron chi connectivity index (χ2n) is 7.73. The fourth-order valence-corrected chi connectivity index (χ4v) is 4.27. The van der Waals surface area contributed by atoms with Crippen LogP contribution < -0.4 is 14.8 Å². The molecule has 2 atom stereocenters. The summed E-state index contributed by atoms with van der Waals surface area (Å²) >= 11 is 0. The lowest BCUT2D eigenvalue weighted by atomic mass is 9.98. The zero-order chi connectivity index (χ0) is 20.3. The lowest BCUT2D eigenvalue weighted by Crippen LogP contribution is -2.43. The number of hydrogen-bond donors (Lipinski definition) is 1. The van der Waals surface area contributed by atoms with Crippen LogP contribution in [0.25, 0.3) is 0 Å². The number of methoxy groups -OCH3 is 2. The van der Waals surface area contributed by atoms with E-state index in [4.69, 9.17) is 9.47 Å². The van der Waals surface area contributed by atoms with Crippen molar-refractivity contribution in [1.82, 2.24) is 15.1 Å².